The van der Waals surface area contributed by atoms with Crippen LogP contribution in [0.4, 0.5) is 0 Å². The van der Waals surface area contributed by atoms with Gasteiger partial charge in [0.15, 0.2) is 0 Å². The molecule has 0 heterocycles. The van der Waals surface area contributed by atoms with E-state index >= 15 is 0 Å². The van der Waals surface area contributed by atoms with Crippen molar-refractivity contribution in [3.8, 4) is 0 Å². The number of halogens is 1. The molecule has 0 unspecified atom stereocenters. The van der Waals surface area contributed by atoms with Crippen LogP contribution in [-0.4, -0.2) is 6.54 Å². The van der Waals surface area contributed by atoms with Crippen LogP contribution in [0.1, 0.15) is 38.8 Å². The highest BCUT2D eigenvalue weighted by atomic mass is 79.9. The molecule has 0 fully saturated rings. The van der Waals surface area contributed by atoms with Crippen molar-refractivity contribution >= 4 is 15.9 Å². The molecule has 0 saturated heterocycles. The SMILES string of the molecule is CC.Cc1cccc(C(C)(C)CN)c1Br. The van der Waals surface area contributed by atoms with Crippen LogP contribution in [0.15, 0.2) is 22.7 Å². The molecule has 1 rings (SSSR count). The summed E-state index contributed by atoms with van der Waals surface area (Å²) < 4.78 is 1.19. The van der Waals surface area contributed by atoms with E-state index in [-0.39, 0.29) is 5.41 Å². The van der Waals surface area contributed by atoms with Crippen molar-refractivity contribution in [2.75, 3.05) is 6.54 Å². The van der Waals surface area contributed by atoms with Crippen molar-refractivity contribution < 1.29 is 0 Å². The Hall–Kier alpha value is -0.340. The fraction of sp³-hybridized carbons (Fsp3) is 0.538. The number of nitrogens with two attached hydrogens (primary N) is 1. The summed E-state index contributed by atoms with van der Waals surface area (Å²) in [6, 6.07) is 6.30. The number of aryl methyl sites for hydroxylation is 1. The summed E-state index contributed by atoms with van der Waals surface area (Å²) in [5.74, 6) is 0. The largest absolute Gasteiger partial charge is 0.330 e. The predicted molar refractivity (Wildman–Crippen MR) is 72.3 cm³/mol. The third-order valence-electron chi connectivity index (χ3n) is 2.43. The van der Waals surface area contributed by atoms with Crippen LogP contribution < -0.4 is 5.73 Å². The van der Waals surface area contributed by atoms with Crippen molar-refractivity contribution in [1.82, 2.24) is 0 Å². The van der Waals surface area contributed by atoms with Gasteiger partial charge < -0.3 is 5.73 Å². The van der Waals surface area contributed by atoms with Gasteiger partial charge in [-0.2, -0.15) is 0 Å². The van der Waals surface area contributed by atoms with Gasteiger partial charge in [-0.05, 0) is 18.1 Å². The van der Waals surface area contributed by atoms with Gasteiger partial charge in [-0.1, -0.05) is 61.8 Å². The van der Waals surface area contributed by atoms with E-state index in [1.807, 2.05) is 13.8 Å². The second-order valence-corrected chi connectivity index (χ2v) is 4.82. The van der Waals surface area contributed by atoms with Crippen LogP contribution in [-0.2, 0) is 5.41 Å². The van der Waals surface area contributed by atoms with Crippen LogP contribution in [0, 0.1) is 6.92 Å². The van der Waals surface area contributed by atoms with Crippen LogP contribution in [0.3, 0.4) is 0 Å². The molecular weight excluding hydrogens is 250 g/mol. The van der Waals surface area contributed by atoms with E-state index in [0.717, 1.165) is 0 Å². The lowest BCUT2D eigenvalue weighted by molar-refractivity contribution is 0.536. The van der Waals surface area contributed by atoms with E-state index in [0.29, 0.717) is 6.54 Å². The Morgan fingerprint density at radius 3 is 2.27 bits per heavy atom. The standard InChI is InChI=1S/C11H16BrN.C2H6/c1-8-5-4-6-9(10(8)12)11(2,3)7-13;1-2/h4-6H,7,13H2,1-3H3;1-2H3. The minimum atomic E-state index is 0.0465. The van der Waals surface area contributed by atoms with E-state index in [1.165, 1.54) is 15.6 Å². The highest BCUT2D eigenvalue weighted by Gasteiger charge is 2.21. The predicted octanol–water partition coefficient (Wildman–Crippen LogP) is 4.02. The molecule has 1 nitrogen and oxygen atoms in total. The Labute approximate surface area is 102 Å². The van der Waals surface area contributed by atoms with E-state index in [2.05, 4.69) is 54.9 Å². The molecule has 0 saturated carbocycles. The number of benzene rings is 1. The molecule has 86 valence electrons. The average Bonchev–Trinajstić information content (AvgIpc) is 2.25. The molecule has 0 amide bonds. The van der Waals surface area contributed by atoms with E-state index in [1.54, 1.807) is 0 Å². The molecule has 0 atom stereocenters. The van der Waals surface area contributed by atoms with Gasteiger partial charge in [0.05, 0.1) is 0 Å². The first-order chi connectivity index (χ1) is 6.99. The lowest BCUT2D eigenvalue weighted by Crippen LogP contribution is -2.28. The molecule has 1 aromatic carbocycles. The fourth-order valence-electron chi connectivity index (χ4n) is 1.28. The molecule has 15 heavy (non-hydrogen) atoms. The maximum Gasteiger partial charge on any atom is 0.0242 e. The molecule has 0 spiro atoms. The van der Waals surface area contributed by atoms with Crippen molar-refractivity contribution in [1.29, 1.82) is 0 Å². The van der Waals surface area contributed by atoms with Crippen molar-refractivity contribution in [2.45, 2.75) is 40.0 Å². The zero-order valence-electron chi connectivity index (χ0n) is 10.4. The summed E-state index contributed by atoms with van der Waals surface area (Å²) in [6.45, 7) is 11.1. The Kier molecular flexibility index (Phi) is 6.15. The molecule has 1 aromatic rings. The molecular formula is C13H22BrN. The Balaban J connectivity index is 0.000000921. The first-order valence-corrected chi connectivity index (χ1v) is 6.24. The van der Waals surface area contributed by atoms with Gasteiger partial charge >= 0.3 is 0 Å². The van der Waals surface area contributed by atoms with E-state index in [4.69, 9.17) is 5.73 Å². The smallest absolute Gasteiger partial charge is 0.0242 e. The summed E-state index contributed by atoms with van der Waals surface area (Å²) in [6.07, 6.45) is 0. The lowest BCUT2D eigenvalue weighted by Gasteiger charge is -2.25. The van der Waals surface area contributed by atoms with Crippen molar-refractivity contribution in [3.63, 3.8) is 0 Å². The van der Waals surface area contributed by atoms with Gasteiger partial charge in [-0.15, -0.1) is 0 Å². The average molecular weight is 272 g/mol. The minimum absolute atomic E-state index is 0.0465. The number of hydrogen-bond donors (Lipinski definition) is 1. The lowest BCUT2D eigenvalue weighted by atomic mass is 9.84. The first-order valence-electron chi connectivity index (χ1n) is 5.44. The van der Waals surface area contributed by atoms with Crippen LogP contribution in [0.2, 0.25) is 0 Å². The molecule has 2 heteroatoms. The van der Waals surface area contributed by atoms with E-state index < -0.39 is 0 Å². The Morgan fingerprint density at radius 1 is 1.27 bits per heavy atom. The Morgan fingerprint density at radius 2 is 1.80 bits per heavy atom. The second-order valence-electron chi connectivity index (χ2n) is 4.02. The van der Waals surface area contributed by atoms with Gasteiger partial charge in [-0.3, -0.25) is 0 Å². The third kappa shape index (κ3) is 3.62. The van der Waals surface area contributed by atoms with Gasteiger partial charge in [0.1, 0.15) is 0 Å². The molecule has 0 aromatic heterocycles. The second kappa shape index (κ2) is 6.29. The molecule has 0 aliphatic carbocycles. The summed E-state index contributed by atoms with van der Waals surface area (Å²) in [5, 5.41) is 0. The Bertz CT molecular complexity index is 305. The summed E-state index contributed by atoms with van der Waals surface area (Å²) in [7, 11) is 0. The number of rotatable bonds is 2. The normalized spacial score (nSPS) is 10.6. The third-order valence-corrected chi connectivity index (χ3v) is 3.48. The van der Waals surface area contributed by atoms with Crippen LogP contribution >= 0.6 is 15.9 Å². The van der Waals surface area contributed by atoms with Crippen molar-refractivity contribution in [3.05, 3.63) is 33.8 Å². The maximum absolute atomic E-state index is 5.74. The first kappa shape index (κ1) is 14.7. The zero-order chi connectivity index (χ0) is 12.1. The number of hydrogen-bond acceptors (Lipinski definition) is 1. The molecule has 0 aliphatic heterocycles. The molecule has 0 radical (unpaired) electrons. The van der Waals surface area contributed by atoms with Crippen LogP contribution in [0.25, 0.3) is 0 Å². The minimum Gasteiger partial charge on any atom is -0.330 e. The van der Waals surface area contributed by atoms with Crippen molar-refractivity contribution in [2.24, 2.45) is 5.73 Å². The summed E-state index contributed by atoms with van der Waals surface area (Å²) in [5.41, 5.74) is 8.33. The van der Waals surface area contributed by atoms with Gasteiger partial charge in [0.25, 0.3) is 0 Å². The zero-order valence-corrected chi connectivity index (χ0v) is 12.0. The summed E-state index contributed by atoms with van der Waals surface area (Å²) in [4.78, 5) is 0. The molecule has 2 N–H and O–H groups in total. The fourth-order valence-corrected chi connectivity index (χ4v) is 2.08. The quantitative estimate of drug-likeness (QED) is 0.864. The highest BCUT2D eigenvalue weighted by molar-refractivity contribution is 9.10. The summed E-state index contributed by atoms with van der Waals surface area (Å²) >= 11 is 3.60. The maximum atomic E-state index is 5.74. The topological polar surface area (TPSA) is 26.0 Å². The van der Waals surface area contributed by atoms with E-state index in [9.17, 15) is 0 Å². The van der Waals surface area contributed by atoms with Gasteiger partial charge in [0, 0.05) is 16.4 Å². The van der Waals surface area contributed by atoms with Crippen LogP contribution in [0.5, 0.6) is 0 Å². The molecule has 0 aliphatic rings. The monoisotopic (exact) mass is 271 g/mol. The van der Waals surface area contributed by atoms with Gasteiger partial charge in [-0.25, -0.2) is 0 Å². The molecule has 0 bridgehead atoms. The highest BCUT2D eigenvalue weighted by Crippen LogP contribution is 2.31. The van der Waals surface area contributed by atoms with Gasteiger partial charge in [0.2, 0.25) is 0 Å².